The molecule has 1 N–H and O–H groups in total. The van der Waals surface area contributed by atoms with Crippen LogP contribution in [0.3, 0.4) is 0 Å². The molecule has 1 aliphatic rings. The Labute approximate surface area is 156 Å². The van der Waals surface area contributed by atoms with Gasteiger partial charge in [0.15, 0.2) is 11.5 Å². The highest BCUT2D eigenvalue weighted by Gasteiger charge is 2.22. The van der Waals surface area contributed by atoms with Crippen molar-refractivity contribution in [1.29, 1.82) is 0 Å². The highest BCUT2D eigenvalue weighted by molar-refractivity contribution is 7.99. The highest BCUT2D eigenvalue weighted by atomic mass is 32.2. The summed E-state index contributed by atoms with van der Waals surface area (Å²) in [6, 6.07) is 9.59. The Bertz CT molecular complexity index is 706. The molecule has 0 bridgehead atoms. The van der Waals surface area contributed by atoms with Gasteiger partial charge in [0.25, 0.3) is 0 Å². The zero-order chi connectivity index (χ0) is 17.6. The number of thioether (sulfide) groups is 1. The molecular weight excluding hydrogens is 356 g/mol. The minimum absolute atomic E-state index is 0.0698. The van der Waals surface area contributed by atoms with Crippen LogP contribution in [0, 0.1) is 0 Å². The van der Waals surface area contributed by atoms with Crippen molar-refractivity contribution in [1.82, 2.24) is 4.90 Å². The van der Waals surface area contributed by atoms with Crippen LogP contribution in [0.4, 0.5) is 10.5 Å². The average molecular weight is 379 g/mol. The first-order valence-corrected chi connectivity index (χ1v) is 10.1. The van der Waals surface area contributed by atoms with Gasteiger partial charge in [0.05, 0.1) is 14.2 Å². The van der Waals surface area contributed by atoms with E-state index in [1.165, 1.54) is 4.88 Å². The summed E-state index contributed by atoms with van der Waals surface area (Å²) in [7, 11) is 3.18. The minimum atomic E-state index is -0.0698. The largest absolute Gasteiger partial charge is 0.493 e. The SMILES string of the molecule is COc1ccc(NC(=O)N2CCSC(c3cccs3)CC2)cc1OC. The molecule has 7 heteroatoms. The summed E-state index contributed by atoms with van der Waals surface area (Å²) in [5.41, 5.74) is 0.703. The van der Waals surface area contributed by atoms with Crippen molar-refractivity contribution in [2.75, 3.05) is 38.4 Å². The summed E-state index contributed by atoms with van der Waals surface area (Å²) in [5, 5.41) is 5.56. The molecule has 1 aliphatic heterocycles. The van der Waals surface area contributed by atoms with E-state index in [0.717, 1.165) is 25.3 Å². The fourth-order valence-corrected chi connectivity index (χ4v) is 5.03. The van der Waals surface area contributed by atoms with Crippen molar-refractivity contribution in [2.45, 2.75) is 11.7 Å². The number of rotatable bonds is 4. The van der Waals surface area contributed by atoms with Crippen LogP contribution >= 0.6 is 23.1 Å². The number of carbonyl (C=O) groups excluding carboxylic acids is 1. The lowest BCUT2D eigenvalue weighted by atomic mass is 10.2. The Morgan fingerprint density at radius 1 is 1.20 bits per heavy atom. The van der Waals surface area contributed by atoms with Gasteiger partial charge in [0.1, 0.15) is 0 Å². The predicted molar refractivity (Wildman–Crippen MR) is 104 cm³/mol. The molecule has 1 unspecified atom stereocenters. The van der Waals surface area contributed by atoms with Gasteiger partial charge >= 0.3 is 6.03 Å². The number of nitrogens with one attached hydrogen (secondary N) is 1. The van der Waals surface area contributed by atoms with Gasteiger partial charge in [-0.05, 0) is 30.0 Å². The Morgan fingerprint density at radius 2 is 2.04 bits per heavy atom. The maximum absolute atomic E-state index is 12.6. The molecule has 1 aromatic carbocycles. The molecule has 25 heavy (non-hydrogen) atoms. The number of nitrogens with zero attached hydrogens (tertiary/aromatic N) is 1. The molecule has 0 aliphatic carbocycles. The van der Waals surface area contributed by atoms with Gasteiger partial charge < -0.3 is 19.7 Å². The van der Waals surface area contributed by atoms with E-state index in [-0.39, 0.29) is 6.03 Å². The number of benzene rings is 1. The summed E-state index contributed by atoms with van der Waals surface area (Å²) in [5.74, 6) is 2.19. The van der Waals surface area contributed by atoms with E-state index in [1.807, 2.05) is 22.7 Å². The van der Waals surface area contributed by atoms with E-state index >= 15 is 0 Å². The van der Waals surface area contributed by atoms with E-state index < -0.39 is 0 Å². The highest BCUT2D eigenvalue weighted by Crippen LogP contribution is 2.37. The van der Waals surface area contributed by atoms with Crippen LogP contribution in [0.1, 0.15) is 16.5 Å². The Kier molecular flexibility index (Phi) is 6.09. The molecule has 0 spiro atoms. The lowest BCUT2D eigenvalue weighted by molar-refractivity contribution is 0.215. The average Bonchev–Trinajstić information content (AvgIpc) is 3.06. The Balaban J connectivity index is 1.61. The first kappa shape index (κ1) is 17.9. The second-order valence-corrected chi connectivity index (χ2v) is 7.94. The van der Waals surface area contributed by atoms with Crippen LogP contribution in [0.2, 0.25) is 0 Å². The van der Waals surface area contributed by atoms with E-state index in [1.54, 1.807) is 37.7 Å². The van der Waals surface area contributed by atoms with Crippen LogP contribution in [-0.2, 0) is 0 Å². The van der Waals surface area contributed by atoms with Crippen molar-refractivity contribution in [3.8, 4) is 11.5 Å². The maximum Gasteiger partial charge on any atom is 0.321 e. The molecule has 1 aromatic heterocycles. The third-order valence-electron chi connectivity index (χ3n) is 4.12. The van der Waals surface area contributed by atoms with Crippen molar-refractivity contribution in [3.63, 3.8) is 0 Å². The number of hydrogen-bond acceptors (Lipinski definition) is 5. The fourth-order valence-electron chi connectivity index (χ4n) is 2.79. The predicted octanol–water partition coefficient (Wildman–Crippen LogP) is 4.48. The molecule has 134 valence electrons. The fraction of sp³-hybridized carbons (Fsp3) is 0.389. The zero-order valence-corrected chi connectivity index (χ0v) is 16.0. The smallest absolute Gasteiger partial charge is 0.321 e. The summed E-state index contributed by atoms with van der Waals surface area (Å²) >= 11 is 3.73. The first-order valence-electron chi connectivity index (χ1n) is 8.14. The summed E-state index contributed by atoms with van der Waals surface area (Å²) < 4.78 is 10.5. The summed E-state index contributed by atoms with van der Waals surface area (Å²) in [6.45, 7) is 1.51. The number of ether oxygens (including phenoxy) is 2. The van der Waals surface area contributed by atoms with Gasteiger partial charge in [-0.15, -0.1) is 11.3 Å². The van der Waals surface area contributed by atoms with Crippen LogP contribution in [0.15, 0.2) is 35.7 Å². The van der Waals surface area contributed by atoms with Gasteiger partial charge in [-0.2, -0.15) is 11.8 Å². The van der Waals surface area contributed by atoms with Gasteiger partial charge in [0.2, 0.25) is 0 Å². The second-order valence-electron chi connectivity index (χ2n) is 5.65. The van der Waals surface area contributed by atoms with E-state index in [2.05, 4.69) is 22.8 Å². The summed E-state index contributed by atoms with van der Waals surface area (Å²) in [6.07, 6.45) is 0.977. The molecule has 3 rings (SSSR count). The van der Waals surface area contributed by atoms with Crippen molar-refractivity contribution in [2.24, 2.45) is 0 Å². The molecule has 2 aromatic rings. The van der Waals surface area contributed by atoms with Crippen LogP contribution in [0.5, 0.6) is 11.5 Å². The monoisotopic (exact) mass is 378 g/mol. The van der Waals surface area contributed by atoms with Crippen molar-refractivity contribution >= 4 is 34.8 Å². The molecule has 2 amide bonds. The molecule has 1 fully saturated rings. The lowest BCUT2D eigenvalue weighted by Gasteiger charge is -2.21. The number of amides is 2. The third-order valence-corrected chi connectivity index (χ3v) is 6.57. The summed E-state index contributed by atoms with van der Waals surface area (Å²) in [4.78, 5) is 15.9. The first-order chi connectivity index (χ1) is 12.2. The van der Waals surface area contributed by atoms with Gasteiger partial charge in [-0.3, -0.25) is 0 Å². The molecule has 0 radical (unpaired) electrons. The van der Waals surface area contributed by atoms with Crippen LogP contribution in [0.25, 0.3) is 0 Å². The topological polar surface area (TPSA) is 50.8 Å². The number of anilines is 1. The number of urea groups is 1. The standard InChI is InChI=1S/C18H22N2O3S2/c1-22-14-6-5-13(12-15(14)23-2)19-18(21)20-8-7-17(25-11-9-20)16-4-3-10-24-16/h3-6,10,12,17H,7-9,11H2,1-2H3,(H,19,21). The lowest BCUT2D eigenvalue weighted by Crippen LogP contribution is -2.36. The number of methoxy groups -OCH3 is 2. The van der Waals surface area contributed by atoms with Crippen molar-refractivity contribution in [3.05, 3.63) is 40.6 Å². The molecule has 1 saturated heterocycles. The Hall–Kier alpha value is -1.86. The van der Waals surface area contributed by atoms with Crippen molar-refractivity contribution < 1.29 is 14.3 Å². The number of carbonyl (C=O) groups is 1. The van der Waals surface area contributed by atoms with Gasteiger partial charge in [-0.1, -0.05) is 6.07 Å². The molecule has 2 heterocycles. The number of hydrogen-bond donors (Lipinski definition) is 1. The molecule has 5 nitrogen and oxygen atoms in total. The minimum Gasteiger partial charge on any atom is -0.493 e. The number of thiophene rings is 1. The van der Waals surface area contributed by atoms with Crippen LogP contribution < -0.4 is 14.8 Å². The second kappa shape index (κ2) is 8.49. The zero-order valence-electron chi connectivity index (χ0n) is 14.4. The maximum atomic E-state index is 12.6. The van der Waals surface area contributed by atoms with E-state index in [0.29, 0.717) is 22.4 Å². The third kappa shape index (κ3) is 4.41. The van der Waals surface area contributed by atoms with Gasteiger partial charge in [0, 0.05) is 40.7 Å². The van der Waals surface area contributed by atoms with E-state index in [9.17, 15) is 4.79 Å². The normalized spacial score (nSPS) is 17.7. The quantitative estimate of drug-likeness (QED) is 0.852. The Morgan fingerprint density at radius 3 is 2.76 bits per heavy atom. The molecule has 1 atom stereocenters. The van der Waals surface area contributed by atoms with E-state index in [4.69, 9.17) is 9.47 Å². The van der Waals surface area contributed by atoms with Crippen LogP contribution in [-0.4, -0.2) is 44.0 Å². The molecular formula is C18H22N2O3S2. The van der Waals surface area contributed by atoms with Gasteiger partial charge in [-0.25, -0.2) is 4.79 Å². The molecule has 0 saturated carbocycles.